The van der Waals surface area contributed by atoms with Crippen LogP contribution in [0.3, 0.4) is 0 Å². The van der Waals surface area contributed by atoms with Gasteiger partial charge in [0, 0.05) is 38.0 Å². The molecule has 10 nitrogen and oxygen atoms in total. The quantitative estimate of drug-likeness (QED) is 0.183. The van der Waals surface area contributed by atoms with Crippen LogP contribution in [0.4, 0.5) is 24.5 Å². The molecule has 4 rings (SSSR count). The number of halogens is 3. The van der Waals surface area contributed by atoms with Crippen LogP contribution in [-0.2, 0) is 22.6 Å². The van der Waals surface area contributed by atoms with Gasteiger partial charge >= 0.3 is 6.18 Å². The first-order chi connectivity index (χ1) is 23.0. The standard InChI is InChI=1S/C35H38F3N5O5S/c1-23(25-13-9-6-10-14-25)40-33(45)26-16-27(18-29(17-26)43(3)49(4,47)48)34(46)41-31(15-24-11-7-5-8-12-24)32(44)22-42(2)30-19-28(20-39-21-30)35(36,37)38/h5-14,16-21,23,31-32,44H,15,22H2,1-4H3,(H,40,45)(H,41,46)/t23-,31+,32-/m1/s1. The largest absolute Gasteiger partial charge is 0.417 e. The number of aliphatic hydroxyl groups excluding tert-OH is 1. The summed E-state index contributed by atoms with van der Waals surface area (Å²) in [6.07, 6.45) is -2.82. The van der Waals surface area contributed by atoms with Crippen LogP contribution in [0.2, 0.25) is 0 Å². The smallest absolute Gasteiger partial charge is 0.389 e. The van der Waals surface area contributed by atoms with Crippen molar-refractivity contribution < 1.29 is 36.3 Å². The molecule has 0 spiro atoms. The monoisotopic (exact) mass is 697 g/mol. The molecule has 0 aliphatic rings. The molecular weight excluding hydrogens is 659 g/mol. The SMILES string of the molecule is C[C@@H](NC(=O)c1cc(C(=O)N[C@@H](Cc2ccccc2)[C@H](O)CN(C)c2cncc(C(F)(F)F)c2)cc(N(C)S(C)(=O)=O)c1)c1ccccc1. The van der Waals surface area contributed by atoms with E-state index in [0.717, 1.165) is 27.8 Å². The van der Waals surface area contributed by atoms with Crippen molar-refractivity contribution in [2.75, 3.05) is 36.1 Å². The first-order valence-corrected chi connectivity index (χ1v) is 17.1. The zero-order chi connectivity index (χ0) is 35.9. The summed E-state index contributed by atoms with van der Waals surface area (Å²) in [4.78, 5) is 32.3. The van der Waals surface area contributed by atoms with Crippen LogP contribution in [0.5, 0.6) is 0 Å². The van der Waals surface area contributed by atoms with Crippen molar-refractivity contribution in [1.82, 2.24) is 15.6 Å². The van der Waals surface area contributed by atoms with E-state index in [1.807, 2.05) is 30.3 Å². The highest BCUT2D eigenvalue weighted by Gasteiger charge is 2.32. The summed E-state index contributed by atoms with van der Waals surface area (Å²) in [5, 5.41) is 17.0. The molecule has 4 aromatic rings. The second-order valence-electron chi connectivity index (χ2n) is 11.8. The number of hydrogen-bond acceptors (Lipinski definition) is 7. The van der Waals surface area contributed by atoms with E-state index in [1.165, 1.54) is 43.4 Å². The second-order valence-corrected chi connectivity index (χ2v) is 13.8. The fraction of sp³-hybridized carbons (Fsp3) is 0.286. The summed E-state index contributed by atoms with van der Waals surface area (Å²) in [7, 11) is -1.00. The first kappa shape index (κ1) is 36.9. The molecular formula is C35H38F3N5O5S. The number of pyridine rings is 1. The average molecular weight is 698 g/mol. The van der Waals surface area contributed by atoms with Crippen molar-refractivity contribution in [3.05, 3.63) is 125 Å². The van der Waals surface area contributed by atoms with Crippen LogP contribution < -0.4 is 19.8 Å². The predicted octanol–water partition coefficient (Wildman–Crippen LogP) is 4.83. The molecule has 3 N–H and O–H groups in total. The minimum Gasteiger partial charge on any atom is -0.389 e. The summed E-state index contributed by atoms with van der Waals surface area (Å²) in [6.45, 7) is 1.61. The number of hydrogen-bond donors (Lipinski definition) is 3. The predicted molar refractivity (Wildman–Crippen MR) is 182 cm³/mol. The van der Waals surface area contributed by atoms with Gasteiger partial charge in [0.2, 0.25) is 10.0 Å². The number of benzene rings is 3. The Balaban J connectivity index is 1.64. The van der Waals surface area contributed by atoms with Crippen LogP contribution in [-0.4, -0.2) is 69.4 Å². The second kappa shape index (κ2) is 15.5. The lowest BCUT2D eigenvalue weighted by Gasteiger charge is -2.29. The molecule has 14 heteroatoms. The molecule has 0 saturated carbocycles. The van der Waals surface area contributed by atoms with Crippen LogP contribution in [0.15, 0.2) is 97.3 Å². The molecule has 0 aliphatic heterocycles. The molecule has 2 amide bonds. The normalized spacial score (nSPS) is 13.6. The fourth-order valence-electron chi connectivity index (χ4n) is 5.06. The Labute approximate surface area is 283 Å². The van der Waals surface area contributed by atoms with Crippen molar-refractivity contribution in [2.45, 2.75) is 37.7 Å². The van der Waals surface area contributed by atoms with E-state index >= 15 is 0 Å². The highest BCUT2D eigenvalue weighted by atomic mass is 32.2. The van der Waals surface area contributed by atoms with Gasteiger partial charge in [-0.15, -0.1) is 0 Å². The molecule has 1 aromatic heterocycles. The van der Waals surface area contributed by atoms with Gasteiger partial charge in [-0.05, 0) is 48.7 Å². The van der Waals surface area contributed by atoms with E-state index in [4.69, 9.17) is 0 Å². The number of nitrogens with zero attached hydrogens (tertiary/aromatic N) is 3. The molecule has 260 valence electrons. The van der Waals surface area contributed by atoms with Gasteiger partial charge in [-0.1, -0.05) is 60.7 Å². The lowest BCUT2D eigenvalue weighted by Crippen LogP contribution is -2.49. The number of anilines is 2. The maximum atomic E-state index is 13.8. The van der Waals surface area contributed by atoms with Crippen molar-refractivity contribution in [2.24, 2.45) is 0 Å². The number of amides is 2. The third-order valence-corrected chi connectivity index (χ3v) is 9.19. The number of nitrogens with one attached hydrogen (secondary N) is 2. The number of alkyl halides is 3. The Morgan fingerprint density at radius 3 is 2.00 bits per heavy atom. The summed E-state index contributed by atoms with van der Waals surface area (Å²) in [5.74, 6) is -1.26. The van der Waals surface area contributed by atoms with Gasteiger partial charge in [-0.3, -0.25) is 18.9 Å². The Kier molecular flexibility index (Phi) is 11.7. The van der Waals surface area contributed by atoms with E-state index in [0.29, 0.717) is 6.20 Å². The lowest BCUT2D eigenvalue weighted by molar-refractivity contribution is -0.137. The maximum absolute atomic E-state index is 13.8. The van der Waals surface area contributed by atoms with Crippen molar-refractivity contribution in [3.8, 4) is 0 Å². The summed E-state index contributed by atoms with van der Waals surface area (Å²) in [6, 6.07) is 21.7. The number of carbonyl (C=O) groups is 2. The number of likely N-dealkylation sites (N-methyl/N-ethyl adjacent to an activating group) is 1. The van der Waals surface area contributed by atoms with Gasteiger partial charge in [0.15, 0.2) is 0 Å². The zero-order valence-electron chi connectivity index (χ0n) is 27.3. The third-order valence-electron chi connectivity index (χ3n) is 7.98. The molecule has 0 unspecified atom stereocenters. The van der Waals surface area contributed by atoms with Gasteiger partial charge < -0.3 is 20.6 Å². The zero-order valence-corrected chi connectivity index (χ0v) is 28.2. The highest BCUT2D eigenvalue weighted by Crippen LogP contribution is 2.31. The minimum atomic E-state index is -4.61. The first-order valence-electron chi connectivity index (χ1n) is 15.2. The Bertz CT molecular complexity index is 1860. The van der Waals surface area contributed by atoms with Crippen LogP contribution in [0.1, 0.15) is 50.4 Å². The average Bonchev–Trinajstić information content (AvgIpc) is 3.07. The molecule has 0 aliphatic carbocycles. The highest BCUT2D eigenvalue weighted by molar-refractivity contribution is 7.92. The van der Waals surface area contributed by atoms with Gasteiger partial charge in [0.25, 0.3) is 11.8 Å². The van der Waals surface area contributed by atoms with E-state index in [1.54, 1.807) is 37.3 Å². The van der Waals surface area contributed by atoms with Crippen LogP contribution >= 0.6 is 0 Å². The molecule has 3 aromatic carbocycles. The summed E-state index contributed by atoms with van der Waals surface area (Å²) < 4.78 is 65.8. The summed E-state index contributed by atoms with van der Waals surface area (Å²) in [5.41, 5.74) is 0.791. The van der Waals surface area contributed by atoms with E-state index in [9.17, 15) is 36.3 Å². The number of aromatic nitrogens is 1. The number of aliphatic hydroxyl groups is 1. The van der Waals surface area contributed by atoms with Gasteiger partial charge in [-0.2, -0.15) is 13.2 Å². The topological polar surface area (TPSA) is 132 Å². The molecule has 3 atom stereocenters. The molecule has 49 heavy (non-hydrogen) atoms. The molecule has 0 fully saturated rings. The van der Waals surface area contributed by atoms with Gasteiger partial charge in [0.05, 0.1) is 47.6 Å². The molecule has 0 bridgehead atoms. The van der Waals surface area contributed by atoms with Crippen molar-refractivity contribution in [3.63, 3.8) is 0 Å². The van der Waals surface area contributed by atoms with E-state index < -0.39 is 51.8 Å². The fourth-order valence-corrected chi connectivity index (χ4v) is 5.55. The minimum absolute atomic E-state index is 0.0258. The Morgan fingerprint density at radius 2 is 1.43 bits per heavy atom. The molecule has 0 radical (unpaired) electrons. The Hall–Kier alpha value is -4.95. The van der Waals surface area contributed by atoms with E-state index in [2.05, 4.69) is 15.6 Å². The number of sulfonamides is 1. The van der Waals surface area contributed by atoms with Crippen molar-refractivity contribution in [1.29, 1.82) is 0 Å². The number of rotatable bonds is 13. The van der Waals surface area contributed by atoms with Crippen molar-refractivity contribution >= 4 is 33.2 Å². The van der Waals surface area contributed by atoms with Gasteiger partial charge in [0.1, 0.15) is 0 Å². The third kappa shape index (κ3) is 10.0. The maximum Gasteiger partial charge on any atom is 0.417 e. The van der Waals surface area contributed by atoms with Crippen LogP contribution in [0, 0.1) is 0 Å². The van der Waals surface area contributed by atoms with Crippen LogP contribution in [0.25, 0.3) is 0 Å². The Morgan fingerprint density at radius 1 is 0.857 bits per heavy atom. The summed E-state index contributed by atoms with van der Waals surface area (Å²) >= 11 is 0. The number of carbonyl (C=O) groups excluding carboxylic acids is 2. The molecule has 0 saturated heterocycles. The van der Waals surface area contributed by atoms with Gasteiger partial charge in [-0.25, -0.2) is 8.42 Å². The lowest BCUT2D eigenvalue weighted by atomic mass is 9.99. The molecule has 1 heterocycles. The van der Waals surface area contributed by atoms with E-state index in [-0.39, 0.29) is 35.5 Å².